The first kappa shape index (κ1) is 19.9. The molecule has 1 aliphatic rings. The zero-order valence-corrected chi connectivity index (χ0v) is 16.4. The third kappa shape index (κ3) is 4.70. The van der Waals surface area contributed by atoms with Crippen molar-refractivity contribution >= 4 is 40.7 Å². The van der Waals surface area contributed by atoms with Gasteiger partial charge in [0.25, 0.3) is 0 Å². The van der Waals surface area contributed by atoms with E-state index in [1.165, 1.54) is 4.90 Å². The van der Waals surface area contributed by atoms with E-state index in [-0.39, 0.29) is 37.1 Å². The number of amides is 3. The molecule has 2 aromatic carbocycles. The molecule has 0 saturated carbocycles. The highest BCUT2D eigenvalue weighted by Gasteiger charge is 2.27. The number of hydrogen-bond donors (Lipinski definition) is 1. The number of halogens is 1. The van der Waals surface area contributed by atoms with Gasteiger partial charge in [0.2, 0.25) is 17.7 Å². The van der Waals surface area contributed by atoms with Crippen LogP contribution in [0.15, 0.2) is 48.5 Å². The van der Waals surface area contributed by atoms with Gasteiger partial charge in [-0.3, -0.25) is 14.4 Å². The number of benzene rings is 2. The number of anilines is 2. The summed E-state index contributed by atoms with van der Waals surface area (Å²) < 4.78 is 0. The average molecular weight is 400 g/mol. The monoisotopic (exact) mass is 399 g/mol. The molecule has 0 fully saturated rings. The molecular formula is C21H22ClN3O3. The number of nitrogens with zero attached hydrogens (tertiary/aromatic N) is 2. The minimum absolute atomic E-state index is 0.0377. The molecule has 0 unspecified atom stereocenters. The lowest BCUT2D eigenvalue weighted by Crippen LogP contribution is -2.42. The van der Waals surface area contributed by atoms with Crippen LogP contribution in [0.5, 0.6) is 0 Å². The van der Waals surface area contributed by atoms with Gasteiger partial charge in [-0.05, 0) is 36.8 Å². The van der Waals surface area contributed by atoms with E-state index in [0.29, 0.717) is 29.5 Å². The number of para-hydroxylation sites is 2. The summed E-state index contributed by atoms with van der Waals surface area (Å²) in [5.41, 5.74) is 2.20. The summed E-state index contributed by atoms with van der Waals surface area (Å²) in [6, 6.07) is 14.5. The van der Waals surface area contributed by atoms with E-state index in [0.717, 1.165) is 5.56 Å². The summed E-state index contributed by atoms with van der Waals surface area (Å²) in [7, 11) is 0. The second kappa shape index (κ2) is 8.89. The third-order valence-electron chi connectivity index (χ3n) is 4.62. The largest absolute Gasteiger partial charge is 0.339 e. The molecule has 28 heavy (non-hydrogen) atoms. The maximum absolute atomic E-state index is 12.7. The summed E-state index contributed by atoms with van der Waals surface area (Å²) >= 11 is 6.01. The number of nitrogens with one attached hydrogen (secondary N) is 1. The molecule has 0 aliphatic carbocycles. The fourth-order valence-corrected chi connectivity index (χ4v) is 3.41. The first-order valence-electron chi connectivity index (χ1n) is 9.19. The summed E-state index contributed by atoms with van der Waals surface area (Å²) in [6.45, 7) is 2.84. The van der Waals surface area contributed by atoms with E-state index in [9.17, 15) is 14.4 Å². The van der Waals surface area contributed by atoms with Gasteiger partial charge in [-0.25, -0.2) is 0 Å². The lowest BCUT2D eigenvalue weighted by Gasteiger charge is -2.29. The highest BCUT2D eigenvalue weighted by molar-refractivity contribution is 6.30. The Kier molecular flexibility index (Phi) is 6.31. The fraction of sp³-hybridized carbons (Fsp3) is 0.286. The molecule has 3 amide bonds. The minimum Gasteiger partial charge on any atom is -0.339 e. The van der Waals surface area contributed by atoms with Crippen LogP contribution >= 0.6 is 11.6 Å². The predicted octanol–water partition coefficient (Wildman–Crippen LogP) is 3.45. The zero-order valence-electron chi connectivity index (χ0n) is 15.7. The van der Waals surface area contributed by atoms with Gasteiger partial charge >= 0.3 is 0 Å². The summed E-state index contributed by atoms with van der Waals surface area (Å²) in [6.07, 6.45) is 0.139. The highest BCUT2D eigenvalue weighted by Crippen LogP contribution is 2.29. The number of carbonyl (C=O) groups excluding carboxylic acids is 3. The van der Waals surface area contributed by atoms with Crippen LogP contribution < -0.4 is 10.2 Å². The highest BCUT2D eigenvalue weighted by atomic mass is 35.5. The SMILES string of the molecule is CCN(Cc1cccc(Cl)c1)C(=O)CCC(=O)N1CC(=O)Nc2ccccc21. The number of hydrogen-bond acceptors (Lipinski definition) is 3. The average Bonchev–Trinajstić information content (AvgIpc) is 2.69. The lowest BCUT2D eigenvalue weighted by molar-refractivity contribution is -0.133. The Balaban J connectivity index is 1.62. The van der Waals surface area contributed by atoms with Crippen molar-refractivity contribution in [2.24, 2.45) is 0 Å². The summed E-state index contributed by atoms with van der Waals surface area (Å²) in [5.74, 6) is -0.588. The van der Waals surface area contributed by atoms with E-state index < -0.39 is 0 Å². The van der Waals surface area contributed by atoms with Gasteiger partial charge in [-0.15, -0.1) is 0 Å². The second-order valence-electron chi connectivity index (χ2n) is 6.58. The molecule has 0 spiro atoms. The Morgan fingerprint density at radius 2 is 1.93 bits per heavy atom. The molecule has 146 valence electrons. The van der Waals surface area contributed by atoms with Crippen LogP contribution in [0.4, 0.5) is 11.4 Å². The van der Waals surface area contributed by atoms with Gasteiger partial charge in [-0.1, -0.05) is 35.9 Å². The Hall–Kier alpha value is -2.86. The summed E-state index contributed by atoms with van der Waals surface area (Å²) in [5, 5.41) is 3.37. The van der Waals surface area contributed by atoms with Gasteiger partial charge in [0.05, 0.1) is 11.4 Å². The Morgan fingerprint density at radius 3 is 2.68 bits per heavy atom. The van der Waals surface area contributed by atoms with Crippen LogP contribution in [-0.2, 0) is 20.9 Å². The molecule has 7 heteroatoms. The molecule has 2 aromatic rings. The third-order valence-corrected chi connectivity index (χ3v) is 4.86. The molecule has 1 heterocycles. The molecule has 0 radical (unpaired) electrons. The fourth-order valence-electron chi connectivity index (χ4n) is 3.19. The molecule has 6 nitrogen and oxygen atoms in total. The standard InChI is InChI=1S/C21H22ClN3O3/c1-2-24(13-15-6-5-7-16(22)12-15)20(27)10-11-21(28)25-14-19(26)23-17-8-3-4-9-18(17)25/h3-9,12H,2,10-11,13-14H2,1H3,(H,23,26). The van der Waals surface area contributed by atoms with Crippen LogP contribution in [0.1, 0.15) is 25.3 Å². The van der Waals surface area contributed by atoms with Crippen LogP contribution in [-0.4, -0.2) is 35.7 Å². The predicted molar refractivity (Wildman–Crippen MR) is 109 cm³/mol. The Morgan fingerprint density at radius 1 is 1.14 bits per heavy atom. The smallest absolute Gasteiger partial charge is 0.244 e. The van der Waals surface area contributed by atoms with Crippen molar-refractivity contribution in [2.45, 2.75) is 26.3 Å². The van der Waals surface area contributed by atoms with Crippen molar-refractivity contribution < 1.29 is 14.4 Å². The van der Waals surface area contributed by atoms with Crippen molar-refractivity contribution in [3.05, 3.63) is 59.1 Å². The van der Waals surface area contributed by atoms with Crippen molar-refractivity contribution in [1.82, 2.24) is 4.90 Å². The van der Waals surface area contributed by atoms with Crippen molar-refractivity contribution in [3.8, 4) is 0 Å². The molecule has 1 aliphatic heterocycles. The molecular weight excluding hydrogens is 378 g/mol. The number of fused-ring (bicyclic) bond motifs is 1. The normalized spacial score (nSPS) is 12.9. The van der Waals surface area contributed by atoms with E-state index in [1.807, 2.05) is 31.2 Å². The first-order valence-corrected chi connectivity index (χ1v) is 9.57. The second-order valence-corrected chi connectivity index (χ2v) is 7.02. The van der Waals surface area contributed by atoms with E-state index >= 15 is 0 Å². The molecule has 3 rings (SSSR count). The van der Waals surface area contributed by atoms with Crippen LogP contribution in [0.2, 0.25) is 5.02 Å². The van der Waals surface area contributed by atoms with Crippen LogP contribution in [0.25, 0.3) is 0 Å². The molecule has 0 atom stereocenters. The molecule has 0 saturated heterocycles. The number of carbonyl (C=O) groups is 3. The Labute approximate surface area is 169 Å². The van der Waals surface area contributed by atoms with Crippen molar-refractivity contribution in [1.29, 1.82) is 0 Å². The number of rotatable bonds is 6. The lowest BCUT2D eigenvalue weighted by atomic mass is 10.1. The minimum atomic E-state index is -0.241. The van der Waals surface area contributed by atoms with Crippen molar-refractivity contribution in [3.63, 3.8) is 0 Å². The quantitative estimate of drug-likeness (QED) is 0.808. The van der Waals surface area contributed by atoms with Crippen LogP contribution in [0, 0.1) is 0 Å². The van der Waals surface area contributed by atoms with E-state index in [4.69, 9.17) is 11.6 Å². The zero-order chi connectivity index (χ0) is 20.1. The molecule has 1 N–H and O–H groups in total. The molecule has 0 bridgehead atoms. The topological polar surface area (TPSA) is 69.7 Å². The summed E-state index contributed by atoms with van der Waals surface area (Å²) in [4.78, 5) is 40.3. The van der Waals surface area contributed by atoms with Gasteiger partial charge in [0.1, 0.15) is 6.54 Å². The maximum atomic E-state index is 12.7. The van der Waals surface area contributed by atoms with Gasteiger partial charge in [0.15, 0.2) is 0 Å². The van der Waals surface area contributed by atoms with Gasteiger partial charge < -0.3 is 15.1 Å². The van der Waals surface area contributed by atoms with E-state index in [2.05, 4.69) is 5.32 Å². The Bertz CT molecular complexity index is 900. The van der Waals surface area contributed by atoms with Crippen LogP contribution in [0.3, 0.4) is 0 Å². The van der Waals surface area contributed by atoms with Crippen molar-refractivity contribution in [2.75, 3.05) is 23.3 Å². The first-order chi connectivity index (χ1) is 13.5. The maximum Gasteiger partial charge on any atom is 0.244 e. The van der Waals surface area contributed by atoms with Gasteiger partial charge in [0, 0.05) is 31.0 Å². The molecule has 0 aromatic heterocycles. The van der Waals surface area contributed by atoms with E-state index in [1.54, 1.807) is 29.2 Å². The van der Waals surface area contributed by atoms with Gasteiger partial charge in [-0.2, -0.15) is 0 Å².